The van der Waals surface area contributed by atoms with Gasteiger partial charge in [-0.25, -0.2) is 0 Å². The van der Waals surface area contributed by atoms with E-state index in [1.54, 1.807) is 18.2 Å². The SMILES string of the molecule is CC(NC(=O)C1CC(=O)N(c2cc(Cl)cc(Cl)c2)C1)C(=O)O. The first-order chi connectivity index (χ1) is 10.3. The molecule has 1 aromatic carbocycles. The minimum atomic E-state index is -1.13. The molecule has 0 bridgehead atoms. The summed E-state index contributed by atoms with van der Waals surface area (Å²) < 4.78 is 0. The highest BCUT2D eigenvalue weighted by Gasteiger charge is 2.36. The number of rotatable bonds is 4. The third-order valence-electron chi connectivity index (χ3n) is 3.38. The number of amides is 2. The smallest absolute Gasteiger partial charge is 0.325 e. The van der Waals surface area contributed by atoms with Crippen LogP contribution < -0.4 is 10.2 Å². The summed E-state index contributed by atoms with van der Waals surface area (Å²) in [5, 5.41) is 11.9. The second-order valence-electron chi connectivity index (χ2n) is 5.10. The number of anilines is 1. The number of hydrogen-bond donors (Lipinski definition) is 2. The monoisotopic (exact) mass is 344 g/mol. The first-order valence-corrected chi connectivity index (χ1v) is 7.33. The van der Waals surface area contributed by atoms with Gasteiger partial charge in [-0.15, -0.1) is 0 Å². The number of carbonyl (C=O) groups is 3. The lowest BCUT2D eigenvalue weighted by atomic mass is 10.1. The number of carbonyl (C=O) groups excluding carboxylic acids is 2. The van der Waals surface area contributed by atoms with E-state index in [0.717, 1.165) is 0 Å². The van der Waals surface area contributed by atoms with Crippen LogP contribution in [0.2, 0.25) is 10.0 Å². The van der Waals surface area contributed by atoms with Gasteiger partial charge in [-0.3, -0.25) is 14.4 Å². The van der Waals surface area contributed by atoms with Crippen molar-refractivity contribution in [3.63, 3.8) is 0 Å². The van der Waals surface area contributed by atoms with Gasteiger partial charge in [0.15, 0.2) is 0 Å². The molecule has 1 aromatic rings. The van der Waals surface area contributed by atoms with Crippen molar-refractivity contribution in [3.8, 4) is 0 Å². The molecular weight excluding hydrogens is 331 g/mol. The van der Waals surface area contributed by atoms with Gasteiger partial charge in [0.25, 0.3) is 0 Å². The lowest BCUT2D eigenvalue weighted by Gasteiger charge is -2.18. The molecule has 118 valence electrons. The van der Waals surface area contributed by atoms with E-state index in [9.17, 15) is 14.4 Å². The zero-order valence-electron chi connectivity index (χ0n) is 11.7. The van der Waals surface area contributed by atoms with E-state index < -0.39 is 23.8 Å². The van der Waals surface area contributed by atoms with Crippen LogP contribution in [0.3, 0.4) is 0 Å². The third kappa shape index (κ3) is 3.69. The number of aliphatic carboxylic acids is 1. The minimum absolute atomic E-state index is 0.0162. The number of benzene rings is 1. The predicted octanol–water partition coefficient (Wildman–Crippen LogP) is 1.94. The summed E-state index contributed by atoms with van der Waals surface area (Å²) in [6.07, 6.45) is 0.0162. The van der Waals surface area contributed by atoms with Crippen LogP contribution in [0.1, 0.15) is 13.3 Å². The van der Waals surface area contributed by atoms with Gasteiger partial charge < -0.3 is 15.3 Å². The number of nitrogens with zero attached hydrogens (tertiary/aromatic N) is 1. The highest BCUT2D eigenvalue weighted by atomic mass is 35.5. The maximum atomic E-state index is 12.1. The molecule has 2 atom stereocenters. The van der Waals surface area contributed by atoms with Crippen molar-refractivity contribution in [2.45, 2.75) is 19.4 Å². The maximum Gasteiger partial charge on any atom is 0.325 e. The standard InChI is InChI=1S/C14H14Cl2N2O4/c1-7(14(21)22)17-13(20)8-2-12(19)18(6-8)11-4-9(15)3-10(16)5-11/h3-5,7-8H,2,6H2,1H3,(H,17,20)(H,21,22). The van der Waals surface area contributed by atoms with Gasteiger partial charge in [-0.1, -0.05) is 23.2 Å². The molecule has 2 N–H and O–H groups in total. The molecule has 0 aromatic heterocycles. The zero-order chi connectivity index (χ0) is 16.4. The minimum Gasteiger partial charge on any atom is -0.480 e. The van der Waals surface area contributed by atoms with Gasteiger partial charge in [0.2, 0.25) is 11.8 Å². The first kappa shape index (κ1) is 16.6. The van der Waals surface area contributed by atoms with Gasteiger partial charge in [0.1, 0.15) is 6.04 Å². The quantitative estimate of drug-likeness (QED) is 0.873. The van der Waals surface area contributed by atoms with E-state index >= 15 is 0 Å². The number of carboxylic acid groups (broad SMARTS) is 1. The summed E-state index contributed by atoms with van der Waals surface area (Å²) >= 11 is 11.8. The molecule has 2 amide bonds. The Labute approximate surface area is 137 Å². The normalized spacial score (nSPS) is 19.1. The van der Waals surface area contributed by atoms with Crippen molar-refractivity contribution in [3.05, 3.63) is 28.2 Å². The summed E-state index contributed by atoms with van der Waals surface area (Å²) in [6.45, 7) is 1.53. The van der Waals surface area contributed by atoms with Crippen molar-refractivity contribution >= 4 is 46.7 Å². The average Bonchev–Trinajstić information content (AvgIpc) is 2.79. The Morgan fingerprint density at radius 3 is 2.45 bits per heavy atom. The highest BCUT2D eigenvalue weighted by molar-refractivity contribution is 6.35. The topological polar surface area (TPSA) is 86.7 Å². The highest BCUT2D eigenvalue weighted by Crippen LogP contribution is 2.30. The van der Waals surface area contributed by atoms with Crippen molar-refractivity contribution < 1.29 is 19.5 Å². The van der Waals surface area contributed by atoms with Crippen LogP contribution in [-0.2, 0) is 14.4 Å². The molecule has 1 fully saturated rings. The number of hydrogen-bond acceptors (Lipinski definition) is 3. The van der Waals surface area contributed by atoms with Crippen LogP contribution in [-0.4, -0.2) is 35.5 Å². The number of carboxylic acids is 1. The fourth-order valence-electron chi connectivity index (χ4n) is 2.22. The summed E-state index contributed by atoms with van der Waals surface area (Å²) in [6, 6.07) is 3.72. The van der Waals surface area contributed by atoms with Crippen molar-refractivity contribution in [2.24, 2.45) is 5.92 Å². The molecule has 1 aliphatic rings. The zero-order valence-corrected chi connectivity index (χ0v) is 13.2. The average molecular weight is 345 g/mol. The molecule has 22 heavy (non-hydrogen) atoms. The molecule has 0 radical (unpaired) electrons. The molecule has 0 aliphatic carbocycles. The summed E-state index contributed by atoms with van der Waals surface area (Å²) in [7, 11) is 0. The van der Waals surface area contributed by atoms with E-state index in [-0.39, 0.29) is 18.9 Å². The Hall–Kier alpha value is -1.79. The fourth-order valence-corrected chi connectivity index (χ4v) is 2.74. The van der Waals surface area contributed by atoms with Crippen LogP contribution in [0.5, 0.6) is 0 Å². The van der Waals surface area contributed by atoms with Crippen molar-refractivity contribution in [2.75, 3.05) is 11.4 Å². The predicted molar refractivity (Wildman–Crippen MR) is 82.2 cm³/mol. The Morgan fingerprint density at radius 2 is 1.91 bits per heavy atom. The Kier molecular flexibility index (Phi) is 4.93. The molecule has 0 saturated carbocycles. The third-order valence-corrected chi connectivity index (χ3v) is 3.82. The van der Waals surface area contributed by atoms with Crippen LogP contribution >= 0.6 is 23.2 Å². The van der Waals surface area contributed by atoms with E-state index in [0.29, 0.717) is 15.7 Å². The maximum absolute atomic E-state index is 12.1. The largest absolute Gasteiger partial charge is 0.480 e. The molecule has 2 unspecified atom stereocenters. The van der Waals surface area contributed by atoms with Crippen molar-refractivity contribution in [1.82, 2.24) is 5.32 Å². The molecule has 0 spiro atoms. The second-order valence-corrected chi connectivity index (χ2v) is 5.97. The molecule has 8 heteroatoms. The molecule has 1 aliphatic heterocycles. The van der Waals surface area contributed by atoms with E-state index in [4.69, 9.17) is 28.3 Å². The molecule has 1 heterocycles. The molecule has 2 rings (SSSR count). The van der Waals surface area contributed by atoms with Gasteiger partial charge in [-0.05, 0) is 25.1 Å². The lowest BCUT2D eigenvalue weighted by molar-refractivity contribution is -0.141. The lowest BCUT2D eigenvalue weighted by Crippen LogP contribution is -2.42. The number of halogens is 2. The first-order valence-electron chi connectivity index (χ1n) is 6.57. The van der Waals surface area contributed by atoms with Gasteiger partial charge in [0.05, 0.1) is 5.92 Å². The second kappa shape index (κ2) is 6.54. The molecule has 1 saturated heterocycles. The summed E-state index contributed by atoms with van der Waals surface area (Å²) in [4.78, 5) is 36.3. The number of nitrogens with one attached hydrogen (secondary N) is 1. The summed E-state index contributed by atoms with van der Waals surface area (Å²) in [5.41, 5.74) is 0.518. The van der Waals surface area contributed by atoms with Crippen LogP contribution in [0.15, 0.2) is 18.2 Å². The van der Waals surface area contributed by atoms with Crippen LogP contribution in [0.25, 0.3) is 0 Å². The van der Waals surface area contributed by atoms with E-state index in [2.05, 4.69) is 5.32 Å². The Morgan fingerprint density at radius 1 is 1.32 bits per heavy atom. The molecule has 6 nitrogen and oxygen atoms in total. The van der Waals surface area contributed by atoms with Crippen LogP contribution in [0, 0.1) is 5.92 Å². The van der Waals surface area contributed by atoms with Crippen LogP contribution in [0.4, 0.5) is 5.69 Å². The van der Waals surface area contributed by atoms with E-state index in [1.807, 2.05) is 0 Å². The Bertz CT molecular complexity index is 615. The fraction of sp³-hybridized carbons (Fsp3) is 0.357. The van der Waals surface area contributed by atoms with Gasteiger partial charge >= 0.3 is 5.97 Å². The van der Waals surface area contributed by atoms with Gasteiger partial charge in [-0.2, -0.15) is 0 Å². The molecular formula is C14H14Cl2N2O4. The van der Waals surface area contributed by atoms with Crippen molar-refractivity contribution in [1.29, 1.82) is 0 Å². The summed E-state index contributed by atoms with van der Waals surface area (Å²) in [5.74, 6) is -2.43. The van der Waals surface area contributed by atoms with E-state index in [1.165, 1.54) is 11.8 Å². The Balaban J connectivity index is 2.10. The van der Waals surface area contributed by atoms with Gasteiger partial charge in [0, 0.05) is 28.7 Å².